The summed E-state index contributed by atoms with van der Waals surface area (Å²) in [5.41, 5.74) is -0.773. The van der Waals surface area contributed by atoms with Gasteiger partial charge in [-0.05, 0) is 78.0 Å². The van der Waals surface area contributed by atoms with E-state index in [4.69, 9.17) is 0 Å². The number of hydrogen-bond donors (Lipinski definition) is 0. The Morgan fingerprint density at radius 3 is 1.80 bits per heavy atom. The topological polar surface area (TPSA) is 29.5 Å². The maximum absolute atomic E-state index is 13.2. The summed E-state index contributed by atoms with van der Waals surface area (Å²) in [4.78, 5) is 12.0. The molecule has 0 saturated heterocycles. The second-order valence-electron chi connectivity index (χ2n) is 6.91. The fourth-order valence-electron chi connectivity index (χ4n) is 2.79. The number of hydrogen-bond acceptors (Lipinski definition) is 5. The number of alkyl halides is 6. The highest BCUT2D eigenvalue weighted by Crippen LogP contribution is 2.43. The molecule has 184 valence electrons. The minimum absolute atomic E-state index is 0.214. The van der Waals surface area contributed by atoms with Gasteiger partial charge in [0.1, 0.15) is 0 Å². The van der Waals surface area contributed by atoms with Gasteiger partial charge in [0.2, 0.25) is 0 Å². The third kappa shape index (κ3) is 7.46. The minimum Gasteiger partial charge on any atom is -0.466 e. The van der Waals surface area contributed by atoms with Crippen LogP contribution in [-0.2, 0) is 21.9 Å². The van der Waals surface area contributed by atoms with Crippen molar-refractivity contribution >= 4 is 41.6 Å². The van der Waals surface area contributed by atoms with Gasteiger partial charge in [-0.2, -0.15) is 26.3 Å². The molecule has 0 radical (unpaired) electrons. The van der Waals surface area contributed by atoms with Gasteiger partial charge in [-0.15, -0.1) is 0 Å². The summed E-state index contributed by atoms with van der Waals surface area (Å²) in [5.74, 6) is -0.623. The molecule has 0 saturated carbocycles. The highest BCUT2D eigenvalue weighted by Gasteiger charge is 2.32. The van der Waals surface area contributed by atoms with E-state index in [0.29, 0.717) is 11.3 Å². The molecule has 0 amide bonds. The number of rotatable bonds is 7. The molecule has 0 aliphatic heterocycles. The number of halogens is 6. The van der Waals surface area contributed by atoms with E-state index >= 15 is 0 Å². The molecule has 3 aromatic carbocycles. The van der Waals surface area contributed by atoms with Crippen LogP contribution < -0.4 is 3.71 Å². The molecular formula is C24H17F6NO2S2. The van der Waals surface area contributed by atoms with Crippen molar-refractivity contribution in [2.75, 3.05) is 10.8 Å². The van der Waals surface area contributed by atoms with Gasteiger partial charge in [0.25, 0.3) is 0 Å². The molecular weight excluding hydrogens is 512 g/mol. The lowest BCUT2D eigenvalue weighted by molar-refractivity contribution is -0.138. The van der Waals surface area contributed by atoms with Crippen LogP contribution in [0.15, 0.2) is 88.7 Å². The van der Waals surface area contributed by atoms with Crippen molar-refractivity contribution < 1.29 is 35.9 Å². The first-order valence-electron chi connectivity index (χ1n) is 9.83. The maximum atomic E-state index is 13.2. The van der Waals surface area contributed by atoms with E-state index < -0.39 is 29.4 Å². The molecule has 0 atom stereocenters. The van der Waals surface area contributed by atoms with Crippen LogP contribution >= 0.6 is 23.9 Å². The summed E-state index contributed by atoms with van der Waals surface area (Å²) in [6.07, 6.45) is -6.50. The van der Waals surface area contributed by atoms with Crippen LogP contribution in [-0.4, -0.2) is 13.1 Å². The number of methoxy groups -OCH3 is 1. The molecule has 0 fully saturated rings. The molecule has 0 aliphatic carbocycles. The third-order valence-corrected chi connectivity index (χ3v) is 6.53. The van der Waals surface area contributed by atoms with Crippen LogP contribution in [0, 0.1) is 0 Å². The molecule has 0 unspecified atom stereocenters. The van der Waals surface area contributed by atoms with E-state index in [9.17, 15) is 31.1 Å². The zero-order valence-electron chi connectivity index (χ0n) is 17.9. The fourth-order valence-corrected chi connectivity index (χ4v) is 5.00. The van der Waals surface area contributed by atoms with Crippen LogP contribution in [0.25, 0.3) is 6.08 Å². The minimum atomic E-state index is -4.56. The van der Waals surface area contributed by atoms with Crippen molar-refractivity contribution in [3.05, 3.63) is 95.6 Å². The van der Waals surface area contributed by atoms with Gasteiger partial charge < -0.3 is 4.74 Å². The lowest BCUT2D eigenvalue weighted by Crippen LogP contribution is -2.08. The van der Waals surface area contributed by atoms with E-state index in [-0.39, 0.29) is 9.79 Å². The standard InChI is InChI=1S/C24H17F6NO2S2/c1-33-22(32)13-12-16-6-2-3-11-21(16)31(34-19-9-4-7-17(14-19)23(25,26)27)35-20-10-5-8-18(15-20)24(28,29)30/h2-15H,1H3/b13-12+. The summed E-state index contributed by atoms with van der Waals surface area (Å²) < 4.78 is 85.4. The summed E-state index contributed by atoms with van der Waals surface area (Å²) >= 11 is 1.80. The third-order valence-electron chi connectivity index (χ3n) is 4.43. The summed E-state index contributed by atoms with van der Waals surface area (Å²) in [5, 5.41) is 0. The van der Waals surface area contributed by atoms with E-state index in [2.05, 4.69) is 4.74 Å². The SMILES string of the molecule is COC(=O)/C=C/c1ccccc1N(Sc1cccc(C(F)(F)F)c1)Sc1cccc(C(F)(F)F)c1. The Labute approximate surface area is 206 Å². The van der Waals surface area contributed by atoms with Crippen LogP contribution in [0.4, 0.5) is 32.0 Å². The van der Waals surface area contributed by atoms with E-state index in [0.717, 1.165) is 48.2 Å². The maximum Gasteiger partial charge on any atom is 0.416 e. The second kappa shape index (κ2) is 11.1. The second-order valence-corrected chi connectivity index (χ2v) is 9.18. The van der Waals surface area contributed by atoms with Crippen LogP contribution in [0.2, 0.25) is 0 Å². The Kier molecular flexibility index (Phi) is 8.44. The molecule has 0 N–H and O–H groups in total. The van der Waals surface area contributed by atoms with Gasteiger partial charge >= 0.3 is 18.3 Å². The molecule has 3 rings (SSSR count). The average molecular weight is 530 g/mol. The smallest absolute Gasteiger partial charge is 0.416 e. The van der Waals surface area contributed by atoms with Crippen molar-refractivity contribution in [3.8, 4) is 0 Å². The number of para-hydroxylation sites is 1. The normalized spacial score (nSPS) is 12.1. The van der Waals surface area contributed by atoms with E-state index in [1.807, 2.05) is 0 Å². The number of anilines is 1. The van der Waals surface area contributed by atoms with Crippen LogP contribution in [0.3, 0.4) is 0 Å². The zero-order chi connectivity index (χ0) is 25.6. The molecule has 0 aliphatic rings. The number of benzene rings is 3. The largest absolute Gasteiger partial charge is 0.466 e. The van der Waals surface area contributed by atoms with Crippen molar-refractivity contribution in [1.82, 2.24) is 0 Å². The van der Waals surface area contributed by atoms with Gasteiger partial charge in [0, 0.05) is 15.9 Å². The molecule has 35 heavy (non-hydrogen) atoms. The highest BCUT2D eigenvalue weighted by atomic mass is 32.2. The van der Waals surface area contributed by atoms with Gasteiger partial charge in [0.15, 0.2) is 0 Å². The molecule has 0 heterocycles. The molecule has 3 nitrogen and oxygen atoms in total. The Morgan fingerprint density at radius 2 is 1.31 bits per heavy atom. The number of nitrogens with zero attached hydrogens (tertiary/aromatic N) is 1. The fraction of sp³-hybridized carbons (Fsp3) is 0.125. The number of esters is 1. The molecule has 11 heteroatoms. The quantitative estimate of drug-likeness (QED) is 0.133. The summed E-state index contributed by atoms with van der Waals surface area (Å²) in [7, 11) is 1.21. The van der Waals surface area contributed by atoms with Gasteiger partial charge in [-0.3, -0.25) is 0 Å². The first kappa shape index (κ1) is 26.6. The molecule has 0 bridgehead atoms. The van der Waals surface area contributed by atoms with Gasteiger partial charge in [-0.1, -0.05) is 30.3 Å². The van der Waals surface area contributed by atoms with Crippen LogP contribution in [0.1, 0.15) is 16.7 Å². The number of carbonyl (C=O) groups is 1. The zero-order valence-corrected chi connectivity index (χ0v) is 19.6. The van der Waals surface area contributed by atoms with Crippen molar-refractivity contribution in [2.24, 2.45) is 0 Å². The Bertz CT molecular complexity index is 1150. The van der Waals surface area contributed by atoms with Gasteiger partial charge in [0.05, 0.1) is 23.9 Å². The average Bonchev–Trinajstić information content (AvgIpc) is 2.81. The molecule has 0 spiro atoms. The van der Waals surface area contributed by atoms with Crippen LogP contribution in [0.5, 0.6) is 0 Å². The first-order valence-corrected chi connectivity index (χ1v) is 11.4. The van der Waals surface area contributed by atoms with Crippen molar-refractivity contribution in [1.29, 1.82) is 0 Å². The lowest BCUT2D eigenvalue weighted by atomic mass is 10.2. The monoisotopic (exact) mass is 529 g/mol. The van der Waals surface area contributed by atoms with Crippen molar-refractivity contribution in [2.45, 2.75) is 22.1 Å². The first-order chi connectivity index (χ1) is 16.5. The highest BCUT2D eigenvalue weighted by molar-refractivity contribution is 8.18. The summed E-state index contributed by atoms with van der Waals surface area (Å²) in [6.45, 7) is 0. The Hall–Kier alpha value is -3.05. The molecule has 0 aromatic heterocycles. The van der Waals surface area contributed by atoms with Crippen molar-refractivity contribution in [3.63, 3.8) is 0 Å². The summed E-state index contributed by atoms with van der Waals surface area (Å²) in [6, 6.07) is 15.8. The Morgan fingerprint density at radius 1 is 0.800 bits per heavy atom. The predicted octanol–water partition coefficient (Wildman–Crippen LogP) is 8.13. The van der Waals surface area contributed by atoms with E-state index in [1.54, 1.807) is 24.3 Å². The van der Waals surface area contributed by atoms with Gasteiger partial charge in [-0.25, -0.2) is 8.51 Å². The lowest BCUT2D eigenvalue weighted by Gasteiger charge is -2.24. The molecule has 3 aromatic rings. The number of ether oxygens (including phenoxy) is 1. The van der Waals surface area contributed by atoms with E-state index in [1.165, 1.54) is 47.2 Å². The number of carbonyl (C=O) groups excluding carboxylic acids is 1. The Balaban J connectivity index is 2.04. The predicted molar refractivity (Wildman–Crippen MR) is 125 cm³/mol.